The quantitative estimate of drug-likeness (QED) is 0.474. The molecule has 0 unspecified atom stereocenters. The Labute approximate surface area is 54.4 Å². The van der Waals surface area contributed by atoms with Crippen molar-refractivity contribution in [3.05, 3.63) is 4.91 Å². The van der Waals surface area contributed by atoms with Crippen molar-refractivity contribution in [3.63, 3.8) is 0 Å². The van der Waals surface area contributed by atoms with Gasteiger partial charge < -0.3 is 11.4 Å². The smallest absolute Gasteiger partial charge is 0.344 e. The summed E-state index contributed by atoms with van der Waals surface area (Å²) in [7, 11) is 0. The zero-order valence-corrected chi connectivity index (χ0v) is 4.76. The molecule has 0 bridgehead atoms. The predicted octanol–water partition coefficient (Wildman–Crippen LogP) is 0.258. The van der Waals surface area contributed by atoms with Gasteiger partial charge in [-0.15, -0.1) is 0 Å². The van der Waals surface area contributed by atoms with Crippen molar-refractivity contribution < 1.29 is 14.9 Å². The van der Waals surface area contributed by atoms with Gasteiger partial charge in [0.15, 0.2) is 4.92 Å². The number of azo groups is 1. The van der Waals surface area contributed by atoms with Crippen LogP contribution in [0.4, 0.5) is 4.79 Å². The molecule has 4 N–H and O–H groups in total. The molecule has 0 aliphatic carbocycles. The summed E-state index contributed by atoms with van der Waals surface area (Å²) in [6, 6.07) is -0.889. The van der Waals surface area contributed by atoms with Crippen LogP contribution in [-0.2, 0) is 0 Å². The molecule has 54 valence electrons. The zero-order chi connectivity index (χ0) is 6.85. The highest BCUT2D eigenvalue weighted by Crippen LogP contribution is 1.96. The Hall–Kier alpha value is -1.70. The number of rotatable bonds is 0. The Morgan fingerprint density at radius 3 is 2.20 bits per heavy atom. The standard InChI is InChI=1S/C2HN4O3.H3N/c7-2-3-1(4-5-2)6(8)9;/h(H,8,9);1H3/q+1;. The van der Waals surface area contributed by atoms with Gasteiger partial charge in [0.25, 0.3) is 0 Å². The van der Waals surface area contributed by atoms with Gasteiger partial charge in [-0.05, 0) is 0 Å². The number of guanidine groups is 1. The maximum absolute atomic E-state index is 10.0. The van der Waals surface area contributed by atoms with Gasteiger partial charge in [0, 0.05) is 10.1 Å². The number of aliphatic imine (C=N–C) groups is 1. The van der Waals surface area contributed by atoms with Gasteiger partial charge in [-0.3, -0.25) is 0 Å². The molecule has 0 radical (unpaired) electrons. The van der Waals surface area contributed by atoms with Crippen LogP contribution >= 0.6 is 0 Å². The fourth-order valence-corrected chi connectivity index (χ4v) is 0.299. The lowest BCUT2D eigenvalue weighted by Crippen LogP contribution is -2.08. The van der Waals surface area contributed by atoms with Gasteiger partial charge in [0.05, 0.1) is 5.11 Å². The van der Waals surface area contributed by atoms with Crippen LogP contribution in [0.2, 0.25) is 0 Å². The SMILES string of the molecule is N.O=C1N=NC([N+](=O)O)=N1. The Morgan fingerprint density at radius 2 is 2.00 bits per heavy atom. The van der Waals surface area contributed by atoms with E-state index >= 15 is 0 Å². The Bertz CT molecular complexity index is 229. The summed E-state index contributed by atoms with van der Waals surface area (Å²) in [5, 5.41) is 13.7. The molecule has 8 heteroatoms. The maximum Gasteiger partial charge on any atom is 0.536 e. The van der Waals surface area contributed by atoms with E-state index in [0.29, 0.717) is 0 Å². The number of hydrogen-bond donors (Lipinski definition) is 2. The first kappa shape index (κ1) is 8.30. The van der Waals surface area contributed by atoms with Crippen molar-refractivity contribution in [2.24, 2.45) is 15.2 Å². The summed E-state index contributed by atoms with van der Waals surface area (Å²) in [5.74, 6) is -0.639. The van der Waals surface area contributed by atoms with Gasteiger partial charge >= 0.3 is 12.0 Å². The molecule has 1 heterocycles. The summed E-state index contributed by atoms with van der Waals surface area (Å²) < 4.78 is 0. The minimum atomic E-state index is -0.889. The molecule has 0 atom stereocenters. The molecule has 1 aliphatic rings. The molecule has 0 fully saturated rings. The van der Waals surface area contributed by atoms with Crippen molar-refractivity contribution in [1.29, 1.82) is 0 Å². The van der Waals surface area contributed by atoms with Gasteiger partial charge in [-0.25, -0.2) is 4.79 Å². The van der Waals surface area contributed by atoms with E-state index < -0.39 is 16.9 Å². The highest BCUT2D eigenvalue weighted by molar-refractivity contribution is 5.93. The lowest BCUT2D eigenvalue weighted by atomic mass is 11.0. The van der Waals surface area contributed by atoms with Crippen LogP contribution in [-0.4, -0.2) is 22.1 Å². The second-order valence-corrected chi connectivity index (χ2v) is 1.17. The molecule has 0 saturated heterocycles. The normalized spacial score (nSPS) is 14.4. The summed E-state index contributed by atoms with van der Waals surface area (Å²) in [4.78, 5) is 22.1. The van der Waals surface area contributed by atoms with Crippen LogP contribution in [0.3, 0.4) is 0 Å². The van der Waals surface area contributed by atoms with Crippen molar-refractivity contribution in [2.75, 3.05) is 0 Å². The number of hydrogen-bond acceptors (Lipinski definition) is 4. The van der Waals surface area contributed by atoms with Crippen molar-refractivity contribution in [3.8, 4) is 0 Å². The van der Waals surface area contributed by atoms with E-state index in [2.05, 4.69) is 15.2 Å². The van der Waals surface area contributed by atoms with E-state index in [9.17, 15) is 9.70 Å². The van der Waals surface area contributed by atoms with E-state index in [0.717, 1.165) is 0 Å². The van der Waals surface area contributed by atoms with Crippen molar-refractivity contribution in [1.82, 2.24) is 6.15 Å². The van der Waals surface area contributed by atoms with Gasteiger partial charge in [0.1, 0.15) is 0 Å². The van der Waals surface area contributed by atoms with Crippen LogP contribution in [0, 0.1) is 4.91 Å². The molecule has 1 aliphatic heterocycles. The molecule has 0 spiro atoms. The predicted molar refractivity (Wildman–Crippen MR) is 28.1 cm³/mol. The van der Waals surface area contributed by atoms with Gasteiger partial charge in [-0.1, -0.05) is 4.91 Å². The van der Waals surface area contributed by atoms with Crippen LogP contribution in [0.1, 0.15) is 0 Å². The number of carbonyl (C=O) groups excluding carboxylic acids is 1. The second kappa shape index (κ2) is 2.73. The van der Waals surface area contributed by atoms with Crippen molar-refractivity contribution in [2.45, 2.75) is 0 Å². The van der Waals surface area contributed by atoms with Crippen LogP contribution in [0.5, 0.6) is 0 Å². The first-order chi connectivity index (χ1) is 4.20. The molecule has 0 aromatic carbocycles. The Kier molecular flexibility index (Phi) is 2.27. The van der Waals surface area contributed by atoms with E-state index in [1.165, 1.54) is 0 Å². The van der Waals surface area contributed by atoms with Gasteiger partial charge in [-0.2, -0.15) is 0 Å². The zero-order valence-electron chi connectivity index (χ0n) is 4.76. The third kappa shape index (κ3) is 1.39. The Morgan fingerprint density at radius 1 is 1.40 bits per heavy atom. The minimum Gasteiger partial charge on any atom is -0.344 e. The molecule has 0 saturated carbocycles. The van der Waals surface area contributed by atoms with E-state index in [4.69, 9.17) is 5.21 Å². The van der Waals surface area contributed by atoms with Gasteiger partial charge in [0.2, 0.25) is 0 Å². The second-order valence-electron chi connectivity index (χ2n) is 1.17. The summed E-state index contributed by atoms with van der Waals surface area (Å²) in [5.41, 5.74) is 0. The lowest BCUT2D eigenvalue weighted by molar-refractivity contribution is -0.707. The summed E-state index contributed by atoms with van der Waals surface area (Å²) in [6.45, 7) is 0. The summed E-state index contributed by atoms with van der Waals surface area (Å²) >= 11 is 0. The fourth-order valence-electron chi connectivity index (χ4n) is 0.299. The molecule has 8 nitrogen and oxygen atoms in total. The number of amides is 2. The molecule has 0 aromatic heterocycles. The molecule has 0 aromatic rings. The maximum atomic E-state index is 10.0. The third-order valence-electron chi connectivity index (χ3n) is 0.592. The first-order valence-electron chi connectivity index (χ1n) is 1.90. The largest absolute Gasteiger partial charge is 0.536 e. The average Bonchev–Trinajstić information content (AvgIpc) is 2.14. The third-order valence-corrected chi connectivity index (χ3v) is 0.592. The highest BCUT2D eigenvalue weighted by atomic mass is 16.6. The molecule has 2 amide bonds. The van der Waals surface area contributed by atoms with E-state index in [-0.39, 0.29) is 6.15 Å². The highest BCUT2D eigenvalue weighted by Gasteiger charge is 2.27. The first-order valence-corrected chi connectivity index (χ1v) is 1.90. The molecule has 1 rings (SSSR count). The van der Waals surface area contributed by atoms with E-state index in [1.807, 2.05) is 0 Å². The van der Waals surface area contributed by atoms with Crippen LogP contribution in [0.15, 0.2) is 15.2 Å². The molecule has 10 heavy (non-hydrogen) atoms. The average molecular weight is 146 g/mol. The van der Waals surface area contributed by atoms with Crippen LogP contribution in [0.25, 0.3) is 0 Å². The molecular weight excluding hydrogens is 142 g/mol. The minimum absolute atomic E-state index is 0. The molecular formula is C2H4N5O3+. The topological polar surface area (TPSA) is 129 Å². The summed E-state index contributed by atoms with van der Waals surface area (Å²) in [6.07, 6.45) is 0. The van der Waals surface area contributed by atoms with Crippen molar-refractivity contribution >= 4 is 12.0 Å². The number of carbonyl (C=O) groups is 1. The van der Waals surface area contributed by atoms with Crippen LogP contribution < -0.4 is 6.15 Å². The number of urea groups is 1. The van der Waals surface area contributed by atoms with E-state index in [1.54, 1.807) is 0 Å². The Balaban J connectivity index is 0.000000810. The fraction of sp³-hybridized carbons (Fsp3) is 0. The lowest BCUT2D eigenvalue weighted by Gasteiger charge is -1.69. The number of nitrogens with zero attached hydrogens (tertiary/aromatic N) is 4. The monoisotopic (exact) mass is 146 g/mol.